The molecular weight excluding hydrogens is 581 g/mol. The number of anilines is 3. The Kier molecular flexibility index (Phi) is 8.51. The minimum atomic E-state index is -4.10. The Morgan fingerprint density at radius 3 is 2.13 bits per heavy atom. The third kappa shape index (κ3) is 6.72. The Morgan fingerprint density at radius 1 is 0.795 bits per heavy atom. The molecule has 0 aliphatic carbocycles. The van der Waals surface area contributed by atoms with Crippen molar-refractivity contribution in [1.82, 2.24) is 0 Å². The highest BCUT2D eigenvalue weighted by molar-refractivity contribution is 7.93. The molecule has 4 rings (SSSR count). The predicted molar refractivity (Wildman–Crippen MR) is 154 cm³/mol. The van der Waals surface area contributed by atoms with Crippen molar-refractivity contribution < 1.29 is 21.6 Å². The van der Waals surface area contributed by atoms with E-state index in [1.54, 1.807) is 55.5 Å². The number of nitrogens with one attached hydrogen (secondary N) is 2. The summed E-state index contributed by atoms with van der Waals surface area (Å²) in [5.41, 5.74) is 1.42. The van der Waals surface area contributed by atoms with Crippen LogP contribution in [0.5, 0.6) is 0 Å². The van der Waals surface area contributed by atoms with E-state index < -0.39 is 32.5 Å². The van der Waals surface area contributed by atoms with Crippen molar-refractivity contribution >= 4 is 66.2 Å². The number of hydrogen-bond acceptors (Lipinski definition) is 5. The molecule has 0 saturated carbocycles. The van der Waals surface area contributed by atoms with Gasteiger partial charge >= 0.3 is 0 Å². The maximum absolute atomic E-state index is 13.4. The Balaban J connectivity index is 1.53. The molecule has 0 atom stereocenters. The smallest absolute Gasteiger partial charge is 0.264 e. The van der Waals surface area contributed by atoms with Gasteiger partial charge in [-0.25, -0.2) is 16.8 Å². The van der Waals surface area contributed by atoms with E-state index in [2.05, 4.69) is 10.0 Å². The van der Waals surface area contributed by atoms with Crippen molar-refractivity contribution in [2.75, 3.05) is 20.9 Å². The number of rotatable bonds is 9. The first-order chi connectivity index (χ1) is 18.5. The Morgan fingerprint density at radius 2 is 1.46 bits per heavy atom. The molecule has 8 nitrogen and oxygen atoms in total. The van der Waals surface area contributed by atoms with Gasteiger partial charge in [-0.2, -0.15) is 0 Å². The van der Waals surface area contributed by atoms with E-state index in [9.17, 15) is 21.6 Å². The topological polar surface area (TPSA) is 113 Å². The van der Waals surface area contributed by atoms with Crippen LogP contribution in [-0.2, 0) is 24.8 Å². The van der Waals surface area contributed by atoms with Crippen molar-refractivity contribution in [3.8, 4) is 0 Å². The lowest BCUT2D eigenvalue weighted by atomic mass is 10.2. The second kappa shape index (κ2) is 11.7. The molecule has 4 aromatic rings. The van der Waals surface area contributed by atoms with Crippen molar-refractivity contribution in [2.24, 2.45) is 0 Å². The van der Waals surface area contributed by atoms with Crippen LogP contribution in [0, 0.1) is 6.92 Å². The van der Waals surface area contributed by atoms with Crippen LogP contribution in [-0.4, -0.2) is 29.3 Å². The second-order valence-corrected chi connectivity index (χ2v) is 12.8. The van der Waals surface area contributed by atoms with E-state index in [-0.39, 0.29) is 21.2 Å². The van der Waals surface area contributed by atoms with Crippen molar-refractivity contribution in [3.05, 3.63) is 113 Å². The molecule has 12 heteroatoms. The molecule has 2 N–H and O–H groups in total. The number of amides is 1. The molecule has 202 valence electrons. The highest BCUT2D eigenvalue weighted by Crippen LogP contribution is 2.27. The summed E-state index contributed by atoms with van der Waals surface area (Å²) in [6, 6.07) is 24.2. The standard InChI is InChI=1S/C27H23Cl2N3O5S2/c1-19-25(29)11-6-12-26(19)31-38(34,35)23-15-13-21(14-16-23)30-27(33)18-32(22-8-5-7-20(28)17-22)39(36,37)24-9-3-2-4-10-24/h2-17,31H,18H2,1H3,(H,30,33). The maximum Gasteiger partial charge on any atom is 0.264 e. The number of carbonyl (C=O) groups is 1. The molecule has 0 aliphatic rings. The molecular formula is C27H23Cl2N3O5S2. The van der Waals surface area contributed by atoms with Gasteiger partial charge in [-0.3, -0.25) is 13.8 Å². The molecule has 0 aromatic heterocycles. The van der Waals surface area contributed by atoms with Crippen LogP contribution in [0.4, 0.5) is 17.1 Å². The van der Waals surface area contributed by atoms with Gasteiger partial charge in [0.2, 0.25) is 5.91 Å². The third-order valence-electron chi connectivity index (χ3n) is 5.67. The molecule has 39 heavy (non-hydrogen) atoms. The summed E-state index contributed by atoms with van der Waals surface area (Å²) >= 11 is 12.2. The van der Waals surface area contributed by atoms with Crippen LogP contribution >= 0.6 is 23.2 Å². The first kappa shape index (κ1) is 28.4. The fourth-order valence-corrected chi connectivity index (χ4v) is 6.55. The van der Waals surface area contributed by atoms with Crippen LogP contribution in [0.15, 0.2) is 107 Å². The average molecular weight is 605 g/mol. The largest absolute Gasteiger partial charge is 0.325 e. The summed E-state index contributed by atoms with van der Waals surface area (Å²) in [6.45, 7) is 1.15. The van der Waals surface area contributed by atoms with Crippen LogP contribution < -0.4 is 14.3 Å². The van der Waals surface area contributed by atoms with Gasteiger partial charge in [-0.05, 0) is 79.2 Å². The number of benzene rings is 4. The molecule has 0 unspecified atom stereocenters. The first-order valence-electron chi connectivity index (χ1n) is 11.5. The van der Waals surface area contributed by atoms with Gasteiger partial charge in [-0.15, -0.1) is 0 Å². The lowest BCUT2D eigenvalue weighted by Gasteiger charge is -2.24. The van der Waals surface area contributed by atoms with E-state index in [0.717, 1.165) is 4.31 Å². The summed E-state index contributed by atoms with van der Waals surface area (Å²) in [6.07, 6.45) is 0. The Bertz CT molecular complexity index is 1710. The summed E-state index contributed by atoms with van der Waals surface area (Å²) < 4.78 is 56.0. The van der Waals surface area contributed by atoms with Gasteiger partial charge in [0.05, 0.1) is 21.2 Å². The van der Waals surface area contributed by atoms with Gasteiger partial charge in [-0.1, -0.05) is 53.5 Å². The molecule has 0 radical (unpaired) electrons. The maximum atomic E-state index is 13.4. The highest BCUT2D eigenvalue weighted by atomic mass is 35.5. The molecule has 0 saturated heterocycles. The molecule has 0 spiro atoms. The van der Waals surface area contributed by atoms with Gasteiger partial charge in [0, 0.05) is 15.7 Å². The van der Waals surface area contributed by atoms with Crippen LogP contribution in [0.1, 0.15) is 5.56 Å². The number of hydrogen-bond donors (Lipinski definition) is 2. The highest BCUT2D eigenvalue weighted by Gasteiger charge is 2.27. The van der Waals surface area contributed by atoms with E-state index in [0.29, 0.717) is 21.3 Å². The molecule has 1 amide bonds. The van der Waals surface area contributed by atoms with Crippen LogP contribution in [0.2, 0.25) is 10.0 Å². The second-order valence-electron chi connectivity index (χ2n) is 8.40. The summed E-state index contributed by atoms with van der Waals surface area (Å²) in [5, 5.41) is 3.35. The minimum Gasteiger partial charge on any atom is -0.325 e. The molecule has 0 bridgehead atoms. The fraction of sp³-hybridized carbons (Fsp3) is 0.0741. The summed E-state index contributed by atoms with van der Waals surface area (Å²) in [7, 11) is -8.03. The minimum absolute atomic E-state index is 0.00905. The summed E-state index contributed by atoms with van der Waals surface area (Å²) in [5.74, 6) is -0.641. The van der Waals surface area contributed by atoms with E-state index in [4.69, 9.17) is 23.2 Å². The zero-order chi connectivity index (χ0) is 28.2. The lowest BCUT2D eigenvalue weighted by Crippen LogP contribution is -2.38. The van der Waals surface area contributed by atoms with Gasteiger partial charge in [0.25, 0.3) is 20.0 Å². The molecule has 4 aromatic carbocycles. The number of nitrogens with zero attached hydrogens (tertiary/aromatic N) is 1. The summed E-state index contributed by atoms with van der Waals surface area (Å²) in [4.78, 5) is 12.9. The molecule has 0 aliphatic heterocycles. The van der Waals surface area contributed by atoms with Crippen molar-refractivity contribution in [2.45, 2.75) is 16.7 Å². The average Bonchev–Trinajstić information content (AvgIpc) is 2.90. The Labute approximate surface area is 237 Å². The zero-order valence-corrected chi connectivity index (χ0v) is 23.7. The number of sulfonamides is 2. The third-order valence-corrected chi connectivity index (χ3v) is 9.49. The quantitative estimate of drug-likeness (QED) is 0.246. The normalized spacial score (nSPS) is 11.6. The van der Waals surface area contributed by atoms with Crippen LogP contribution in [0.3, 0.4) is 0 Å². The monoisotopic (exact) mass is 603 g/mol. The van der Waals surface area contributed by atoms with E-state index in [1.165, 1.54) is 48.5 Å². The van der Waals surface area contributed by atoms with Gasteiger partial charge in [0.1, 0.15) is 6.54 Å². The van der Waals surface area contributed by atoms with Gasteiger partial charge in [0.15, 0.2) is 0 Å². The van der Waals surface area contributed by atoms with Crippen LogP contribution in [0.25, 0.3) is 0 Å². The predicted octanol–water partition coefficient (Wildman–Crippen LogP) is 5.94. The SMILES string of the molecule is Cc1c(Cl)cccc1NS(=O)(=O)c1ccc(NC(=O)CN(c2cccc(Cl)c2)S(=O)(=O)c2ccccc2)cc1. The lowest BCUT2D eigenvalue weighted by molar-refractivity contribution is -0.114. The Hall–Kier alpha value is -3.57. The zero-order valence-electron chi connectivity index (χ0n) is 20.5. The fourth-order valence-electron chi connectivity index (χ4n) is 3.64. The van der Waals surface area contributed by atoms with Gasteiger partial charge < -0.3 is 5.32 Å². The molecule has 0 heterocycles. The number of halogens is 2. The van der Waals surface area contributed by atoms with E-state index in [1.807, 2.05) is 0 Å². The van der Waals surface area contributed by atoms with Crippen molar-refractivity contribution in [1.29, 1.82) is 0 Å². The van der Waals surface area contributed by atoms with E-state index >= 15 is 0 Å². The first-order valence-corrected chi connectivity index (χ1v) is 15.2. The molecule has 0 fully saturated rings. The number of carbonyl (C=O) groups excluding carboxylic acids is 1. The van der Waals surface area contributed by atoms with Crippen molar-refractivity contribution in [3.63, 3.8) is 0 Å².